The van der Waals surface area contributed by atoms with Gasteiger partial charge in [0, 0.05) is 21.9 Å². The molecular formula is C12H9BrClN3S. The van der Waals surface area contributed by atoms with Crippen molar-refractivity contribution in [1.82, 2.24) is 4.98 Å². The van der Waals surface area contributed by atoms with E-state index in [1.165, 1.54) is 0 Å². The van der Waals surface area contributed by atoms with Gasteiger partial charge in [-0.05, 0) is 46.3 Å². The lowest BCUT2D eigenvalue weighted by atomic mass is 10.2. The Labute approximate surface area is 123 Å². The quantitative estimate of drug-likeness (QED) is 0.831. The zero-order valence-electron chi connectivity index (χ0n) is 9.15. The molecule has 3 N–H and O–H groups in total. The maximum atomic E-state index is 5.93. The van der Waals surface area contributed by atoms with Crippen LogP contribution in [0.4, 0.5) is 11.5 Å². The van der Waals surface area contributed by atoms with E-state index >= 15 is 0 Å². The van der Waals surface area contributed by atoms with E-state index < -0.39 is 0 Å². The van der Waals surface area contributed by atoms with Crippen molar-refractivity contribution in [2.24, 2.45) is 5.73 Å². The predicted octanol–water partition coefficient (Wildman–Crippen LogP) is 3.88. The zero-order chi connectivity index (χ0) is 13.1. The van der Waals surface area contributed by atoms with Gasteiger partial charge in [0.2, 0.25) is 0 Å². The molecule has 0 saturated carbocycles. The molecule has 6 heteroatoms. The Morgan fingerprint density at radius 2 is 2.11 bits per heavy atom. The summed E-state index contributed by atoms with van der Waals surface area (Å²) in [6.45, 7) is 0. The number of nitrogens with one attached hydrogen (secondary N) is 1. The molecule has 2 aromatic rings. The van der Waals surface area contributed by atoms with E-state index in [2.05, 4.69) is 26.2 Å². The molecule has 0 aliphatic heterocycles. The van der Waals surface area contributed by atoms with Crippen LogP contribution in [0.15, 0.2) is 41.0 Å². The van der Waals surface area contributed by atoms with Gasteiger partial charge in [0.25, 0.3) is 0 Å². The highest BCUT2D eigenvalue weighted by Gasteiger charge is 2.02. The minimum atomic E-state index is 0.345. The Morgan fingerprint density at radius 1 is 1.33 bits per heavy atom. The molecule has 3 nitrogen and oxygen atoms in total. The standard InChI is InChI=1S/C12H9BrClN3S/c13-9-6-8(1-2-10(9)14)17-11-5-7(12(15)18)3-4-16-11/h1-6H,(H2,15,18)(H,16,17). The van der Waals surface area contributed by atoms with Gasteiger partial charge >= 0.3 is 0 Å². The number of nitrogens with two attached hydrogens (primary N) is 1. The van der Waals surface area contributed by atoms with Gasteiger partial charge in [0.05, 0.1) is 5.02 Å². The smallest absolute Gasteiger partial charge is 0.130 e. The summed E-state index contributed by atoms with van der Waals surface area (Å²) in [6.07, 6.45) is 1.65. The number of thiocarbonyl (C=S) groups is 1. The summed E-state index contributed by atoms with van der Waals surface area (Å²) in [5.41, 5.74) is 7.22. The number of hydrogen-bond donors (Lipinski definition) is 2. The van der Waals surface area contributed by atoms with Crippen molar-refractivity contribution in [2.45, 2.75) is 0 Å². The lowest BCUT2D eigenvalue weighted by Crippen LogP contribution is -2.09. The summed E-state index contributed by atoms with van der Waals surface area (Å²) >= 11 is 14.2. The first-order chi connectivity index (χ1) is 8.56. The third-order valence-corrected chi connectivity index (χ3v) is 3.69. The van der Waals surface area contributed by atoms with E-state index in [-0.39, 0.29) is 0 Å². The minimum Gasteiger partial charge on any atom is -0.389 e. The molecule has 1 aromatic heterocycles. The number of benzene rings is 1. The average Bonchev–Trinajstić information content (AvgIpc) is 2.34. The molecular weight excluding hydrogens is 334 g/mol. The molecule has 0 aliphatic carbocycles. The van der Waals surface area contributed by atoms with Gasteiger partial charge in [-0.2, -0.15) is 0 Å². The van der Waals surface area contributed by atoms with Crippen LogP contribution in [-0.2, 0) is 0 Å². The SMILES string of the molecule is NC(=S)c1ccnc(Nc2ccc(Cl)c(Br)c2)c1. The first kappa shape index (κ1) is 13.3. The lowest BCUT2D eigenvalue weighted by Gasteiger charge is -2.07. The largest absolute Gasteiger partial charge is 0.389 e. The fourth-order valence-electron chi connectivity index (χ4n) is 1.37. The van der Waals surface area contributed by atoms with Gasteiger partial charge < -0.3 is 11.1 Å². The average molecular weight is 343 g/mol. The van der Waals surface area contributed by atoms with Crippen molar-refractivity contribution in [3.05, 3.63) is 51.6 Å². The van der Waals surface area contributed by atoms with E-state index in [0.29, 0.717) is 15.8 Å². The molecule has 0 fully saturated rings. The molecule has 0 saturated heterocycles. The molecule has 0 aliphatic rings. The number of nitrogens with zero attached hydrogens (tertiary/aromatic N) is 1. The van der Waals surface area contributed by atoms with Crippen molar-refractivity contribution in [3.8, 4) is 0 Å². The second kappa shape index (κ2) is 5.65. The van der Waals surface area contributed by atoms with E-state index in [1.54, 1.807) is 24.4 Å². The molecule has 92 valence electrons. The van der Waals surface area contributed by atoms with Crippen molar-refractivity contribution < 1.29 is 0 Å². The van der Waals surface area contributed by atoms with Crippen molar-refractivity contribution in [1.29, 1.82) is 0 Å². The molecule has 1 aromatic carbocycles. The van der Waals surface area contributed by atoms with E-state index in [9.17, 15) is 0 Å². The fraction of sp³-hybridized carbons (Fsp3) is 0. The van der Waals surface area contributed by atoms with Crippen molar-refractivity contribution in [2.75, 3.05) is 5.32 Å². The number of anilines is 2. The number of hydrogen-bond acceptors (Lipinski definition) is 3. The third-order valence-electron chi connectivity index (χ3n) is 2.24. The van der Waals surface area contributed by atoms with Gasteiger partial charge in [-0.15, -0.1) is 0 Å². The predicted molar refractivity (Wildman–Crippen MR) is 82.6 cm³/mol. The zero-order valence-corrected chi connectivity index (χ0v) is 12.3. The topological polar surface area (TPSA) is 50.9 Å². The van der Waals surface area contributed by atoms with Gasteiger partial charge in [-0.3, -0.25) is 0 Å². The molecule has 1 heterocycles. The van der Waals surface area contributed by atoms with Crippen LogP contribution in [0.5, 0.6) is 0 Å². The Bertz CT molecular complexity index is 604. The maximum absolute atomic E-state index is 5.93. The highest BCUT2D eigenvalue weighted by atomic mass is 79.9. The normalized spacial score (nSPS) is 10.1. The van der Waals surface area contributed by atoms with Crippen LogP contribution in [0.25, 0.3) is 0 Å². The fourth-order valence-corrected chi connectivity index (χ4v) is 2.00. The molecule has 0 unspecified atom stereocenters. The molecule has 0 amide bonds. The molecule has 0 radical (unpaired) electrons. The Hall–Kier alpha value is -1.17. The van der Waals surface area contributed by atoms with Crippen LogP contribution in [0, 0.1) is 0 Å². The van der Waals surface area contributed by atoms with Crippen LogP contribution in [-0.4, -0.2) is 9.97 Å². The van der Waals surface area contributed by atoms with Crippen LogP contribution in [0.2, 0.25) is 5.02 Å². The van der Waals surface area contributed by atoms with Gasteiger partial charge in [-0.1, -0.05) is 23.8 Å². The first-order valence-corrected chi connectivity index (χ1v) is 6.62. The third kappa shape index (κ3) is 3.19. The van der Waals surface area contributed by atoms with E-state index in [1.807, 2.05) is 12.1 Å². The first-order valence-electron chi connectivity index (χ1n) is 5.04. The molecule has 0 spiro atoms. The summed E-state index contributed by atoms with van der Waals surface area (Å²) in [6, 6.07) is 9.10. The molecule has 2 rings (SSSR count). The highest BCUT2D eigenvalue weighted by Crippen LogP contribution is 2.27. The summed E-state index contributed by atoms with van der Waals surface area (Å²) in [5, 5.41) is 3.81. The monoisotopic (exact) mass is 341 g/mol. The number of rotatable bonds is 3. The van der Waals surface area contributed by atoms with Crippen LogP contribution in [0.3, 0.4) is 0 Å². The Kier molecular flexibility index (Phi) is 4.16. The summed E-state index contributed by atoms with van der Waals surface area (Å²) < 4.78 is 0.819. The van der Waals surface area contributed by atoms with E-state index in [0.717, 1.165) is 15.7 Å². The van der Waals surface area contributed by atoms with Gasteiger partial charge in [0.1, 0.15) is 10.8 Å². The maximum Gasteiger partial charge on any atom is 0.130 e. The second-order valence-corrected chi connectivity index (χ2v) is 5.25. The lowest BCUT2D eigenvalue weighted by molar-refractivity contribution is 1.30. The second-order valence-electron chi connectivity index (χ2n) is 3.55. The molecule has 0 bridgehead atoms. The number of halogens is 2. The number of aromatic nitrogens is 1. The van der Waals surface area contributed by atoms with Crippen LogP contribution >= 0.6 is 39.7 Å². The molecule has 18 heavy (non-hydrogen) atoms. The Balaban J connectivity index is 2.25. The van der Waals surface area contributed by atoms with Gasteiger partial charge in [0.15, 0.2) is 0 Å². The Morgan fingerprint density at radius 3 is 2.78 bits per heavy atom. The van der Waals surface area contributed by atoms with Crippen LogP contribution in [0.1, 0.15) is 5.56 Å². The summed E-state index contributed by atoms with van der Waals surface area (Å²) in [7, 11) is 0. The number of pyridine rings is 1. The molecule has 0 atom stereocenters. The van der Waals surface area contributed by atoms with Crippen molar-refractivity contribution in [3.63, 3.8) is 0 Å². The van der Waals surface area contributed by atoms with E-state index in [4.69, 9.17) is 29.6 Å². The van der Waals surface area contributed by atoms with Gasteiger partial charge in [-0.25, -0.2) is 4.98 Å². The minimum absolute atomic E-state index is 0.345. The van der Waals surface area contributed by atoms with Crippen molar-refractivity contribution >= 4 is 56.2 Å². The summed E-state index contributed by atoms with van der Waals surface area (Å²) in [4.78, 5) is 4.54. The van der Waals surface area contributed by atoms with Crippen LogP contribution < -0.4 is 11.1 Å². The highest BCUT2D eigenvalue weighted by molar-refractivity contribution is 9.10. The summed E-state index contributed by atoms with van der Waals surface area (Å²) in [5.74, 6) is 0.675.